The van der Waals surface area contributed by atoms with Gasteiger partial charge < -0.3 is 0 Å². The molecule has 1 atom stereocenters. The van der Waals surface area contributed by atoms with Gasteiger partial charge in [0.1, 0.15) is 0 Å². The summed E-state index contributed by atoms with van der Waals surface area (Å²) in [6.45, 7) is 21.5. The first-order valence-corrected chi connectivity index (χ1v) is 11.0. The third-order valence-corrected chi connectivity index (χ3v) is 4.64. The molecule has 1 unspecified atom stereocenters. The third kappa shape index (κ3) is 10.3. The van der Waals surface area contributed by atoms with E-state index in [-0.39, 0.29) is 0 Å². The first-order chi connectivity index (χ1) is 13.0. The van der Waals surface area contributed by atoms with E-state index in [1.54, 1.807) is 11.3 Å². The number of hydrazone groups is 1. The predicted octanol–water partition coefficient (Wildman–Crippen LogP) is 7.45. The Morgan fingerprint density at radius 3 is 1.74 bits per heavy atom. The SMILES string of the molecule is CC.CC.CC.CC1=NN(C)CC1C.Cc1nc(C)c(-c2ccccc2)s1. The van der Waals surface area contributed by atoms with Crippen LogP contribution in [0.25, 0.3) is 10.4 Å². The molecule has 0 radical (unpaired) electrons. The number of benzene rings is 1. The van der Waals surface area contributed by atoms with Crippen molar-refractivity contribution in [3.8, 4) is 10.4 Å². The highest BCUT2D eigenvalue weighted by molar-refractivity contribution is 7.15. The fraction of sp³-hybridized carbons (Fsp3) is 0.565. The molecule has 0 saturated carbocycles. The zero-order valence-electron chi connectivity index (χ0n) is 19.4. The second-order valence-corrected chi connectivity index (χ2v) is 6.70. The highest BCUT2D eigenvalue weighted by Gasteiger charge is 2.14. The summed E-state index contributed by atoms with van der Waals surface area (Å²) in [6, 6.07) is 10.4. The minimum Gasteiger partial charge on any atom is -0.300 e. The van der Waals surface area contributed by atoms with Crippen molar-refractivity contribution in [1.82, 2.24) is 9.99 Å². The van der Waals surface area contributed by atoms with Crippen LogP contribution in [0.4, 0.5) is 0 Å². The summed E-state index contributed by atoms with van der Waals surface area (Å²) in [5.41, 5.74) is 3.66. The number of hydrogen-bond acceptors (Lipinski definition) is 4. The van der Waals surface area contributed by atoms with Gasteiger partial charge in [-0.25, -0.2) is 4.98 Å². The van der Waals surface area contributed by atoms with Gasteiger partial charge in [-0.05, 0) is 26.3 Å². The van der Waals surface area contributed by atoms with E-state index in [0.29, 0.717) is 5.92 Å². The summed E-state index contributed by atoms with van der Waals surface area (Å²) in [7, 11) is 2.01. The Balaban J connectivity index is 0. The zero-order chi connectivity index (χ0) is 21.4. The maximum absolute atomic E-state index is 4.41. The van der Waals surface area contributed by atoms with Crippen LogP contribution in [0, 0.1) is 19.8 Å². The molecule has 0 saturated heterocycles. The van der Waals surface area contributed by atoms with Gasteiger partial charge in [0.15, 0.2) is 0 Å². The van der Waals surface area contributed by atoms with E-state index in [9.17, 15) is 0 Å². The second-order valence-electron chi connectivity index (χ2n) is 5.50. The van der Waals surface area contributed by atoms with Crippen LogP contribution in [-0.4, -0.2) is 29.3 Å². The van der Waals surface area contributed by atoms with E-state index >= 15 is 0 Å². The Kier molecular flexibility index (Phi) is 16.8. The van der Waals surface area contributed by atoms with E-state index in [1.165, 1.54) is 16.2 Å². The molecule has 0 fully saturated rings. The van der Waals surface area contributed by atoms with E-state index in [0.717, 1.165) is 17.2 Å². The number of aryl methyl sites for hydroxylation is 2. The normalized spacial score (nSPS) is 14.1. The van der Waals surface area contributed by atoms with Crippen molar-refractivity contribution in [2.45, 2.75) is 69.2 Å². The van der Waals surface area contributed by atoms with Gasteiger partial charge >= 0.3 is 0 Å². The molecule has 3 nitrogen and oxygen atoms in total. The number of nitrogens with zero attached hydrogens (tertiary/aromatic N) is 3. The molecule has 0 N–H and O–H groups in total. The zero-order valence-corrected chi connectivity index (χ0v) is 20.2. The van der Waals surface area contributed by atoms with E-state index < -0.39 is 0 Å². The molecule has 1 aromatic carbocycles. The van der Waals surface area contributed by atoms with Gasteiger partial charge in [-0.2, -0.15) is 5.10 Å². The van der Waals surface area contributed by atoms with Crippen LogP contribution in [0.1, 0.15) is 66.1 Å². The van der Waals surface area contributed by atoms with Gasteiger partial charge in [-0.1, -0.05) is 78.8 Å². The Bertz CT molecular complexity index is 618. The van der Waals surface area contributed by atoms with E-state index in [1.807, 2.05) is 66.6 Å². The van der Waals surface area contributed by atoms with Crippen molar-refractivity contribution in [1.29, 1.82) is 0 Å². The predicted molar refractivity (Wildman–Crippen MR) is 126 cm³/mol. The van der Waals surface area contributed by atoms with Crippen molar-refractivity contribution < 1.29 is 0 Å². The lowest BCUT2D eigenvalue weighted by molar-refractivity contribution is 0.368. The molecule has 27 heavy (non-hydrogen) atoms. The summed E-state index contributed by atoms with van der Waals surface area (Å²) in [5, 5.41) is 7.34. The van der Waals surface area contributed by atoms with E-state index in [2.05, 4.69) is 55.1 Å². The van der Waals surface area contributed by atoms with Crippen LogP contribution in [0.2, 0.25) is 0 Å². The number of hydrogen-bond donors (Lipinski definition) is 0. The molecule has 0 aliphatic carbocycles. The van der Waals surface area contributed by atoms with Crippen molar-refractivity contribution >= 4 is 17.0 Å². The topological polar surface area (TPSA) is 28.5 Å². The monoisotopic (exact) mass is 391 g/mol. The molecule has 0 amide bonds. The molecule has 1 aliphatic heterocycles. The fourth-order valence-electron chi connectivity index (χ4n) is 2.33. The van der Waals surface area contributed by atoms with Crippen LogP contribution in [0.3, 0.4) is 0 Å². The maximum atomic E-state index is 4.41. The summed E-state index contributed by atoms with van der Waals surface area (Å²) < 4.78 is 0. The van der Waals surface area contributed by atoms with Crippen molar-refractivity contribution in [3.05, 3.63) is 41.0 Å². The average molecular weight is 392 g/mol. The van der Waals surface area contributed by atoms with Gasteiger partial charge in [0, 0.05) is 25.2 Å². The van der Waals surface area contributed by atoms with Gasteiger partial charge in [0.05, 0.1) is 15.6 Å². The van der Waals surface area contributed by atoms with Crippen molar-refractivity contribution in [3.63, 3.8) is 0 Å². The molecule has 1 aliphatic rings. The van der Waals surface area contributed by atoms with Crippen LogP contribution in [0.15, 0.2) is 35.4 Å². The van der Waals surface area contributed by atoms with Gasteiger partial charge in [0.25, 0.3) is 0 Å². The number of thiazole rings is 1. The summed E-state index contributed by atoms with van der Waals surface area (Å²) in [4.78, 5) is 5.70. The lowest BCUT2D eigenvalue weighted by atomic mass is 10.1. The first kappa shape index (κ1) is 27.5. The molecule has 4 heteroatoms. The molecule has 0 bridgehead atoms. The Hall–Kier alpha value is -1.68. The lowest BCUT2D eigenvalue weighted by Crippen LogP contribution is -2.11. The highest BCUT2D eigenvalue weighted by atomic mass is 32.1. The minimum absolute atomic E-state index is 0.667. The van der Waals surface area contributed by atoms with E-state index in [4.69, 9.17) is 0 Å². The third-order valence-electron chi connectivity index (χ3n) is 3.52. The lowest BCUT2D eigenvalue weighted by Gasteiger charge is -2.04. The van der Waals surface area contributed by atoms with Crippen molar-refractivity contribution in [2.24, 2.45) is 11.0 Å². The first-order valence-electron chi connectivity index (χ1n) is 10.2. The standard InChI is InChI=1S/C11H11NS.C6H12N2.3C2H6/c1-8-11(13-9(2)12-8)10-6-4-3-5-7-10;1-5-4-8(3)7-6(5)2;3*1-2/h3-7H,1-2H3;5H,4H2,1-3H3;3*1-2H3. The molecule has 3 rings (SSSR count). The molecule has 2 aromatic rings. The maximum Gasteiger partial charge on any atom is 0.0903 e. The number of aromatic nitrogens is 1. The van der Waals surface area contributed by atoms with Gasteiger partial charge in [0.2, 0.25) is 0 Å². The van der Waals surface area contributed by atoms with Crippen LogP contribution in [0.5, 0.6) is 0 Å². The quantitative estimate of drug-likeness (QED) is 0.505. The smallest absolute Gasteiger partial charge is 0.0903 e. The molecular formula is C23H41N3S. The molecular weight excluding hydrogens is 350 g/mol. The second kappa shape index (κ2) is 16.5. The van der Waals surface area contributed by atoms with Crippen LogP contribution < -0.4 is 0 Å². The largest absolute Gasteiger partial charge is 0.300 e. The van der Waals surface area contributed by atoms with Crippen molar-refractivity contribution in [2.75, 3.05) is 13.6 Å². The molecule has 154 valence electrons. The summed E-state index contributed by atoms with van der Waals surface area (Å²) in [6.07, 6.45) is 0. The Morgan fingerprint density at radius 1 is 0.926 bits per heavy atom. The molecule has 1 aromatic heterocycles. The molecule has 0 spiro atoms. The minimum atomic E-state index is 0.667. The molecule has 2 heterocycles. The fourth-order valence-corrected chi connectivity index (χ4v) is 3.25. The Labute approximate surface area is 172 Å². The average Bonchev–Trinajstić information content (AvgIpc) is 3.20. The van der Waals surface area contributed by atoms with Gasteiger partial charge in [-0.15, -0.1) is 11.3 Å². The van der Waals surface area contributed by atoms with Crippen LogP contribution >= 0.6 is 11.3 Å². The highest BCUT2D eigenvalue weighted by Crippen LogP contribution is 2.28. The summed E-state index contributed by atoms with van der Waals surface area (Å²) in [5.74, 6) is 0.667. The van der Waals surface area contributed by atoms with Gasteiger partial charge in [-0.3, -0.25) is 5.01 Å². The number of rotatable bonds is 1. The summed E-state index contributed by atoms with van der Waals surface area (Å²) >= 11 is 1.76. The van der Waals surface area contributed by atoms with Crippen LogP contribution in [-0.2, 0) is 0 Å². The Morgan fingerprint density at radius 2 is 1.44 bits per heavy atom.